The highest BCUT2D eigenvalue weighted by molar-refractivity contribution is 6.35. The van der Waals surface area contributed by atoms with Gasteiger partial charge in [0.05, 0.1) is 12.0 Å². The second-order valence-corrected chi connectivity index (χ2v) is 9.77. The lowest BCUT2D eigenvalue weighted by molar-refractivity contribution is -0.156. The third-order valence-corrected chi connectivity index (χ3v) is 8.08. The van der Waals surface area contributed by atoms with E-state index in [1.807, 2.05) is 36.1 Å². The molecule has 0 bridgehead atoms. The van der Waals surface area contributed by atoms with Gasteiger partial charge < -0.3 is 4.74 Å². The van der Waals surface area contributed by atoms with E-state index in [9.17, 15) is 19.2 Å². The molecule has 3 atom stereocenters. The summed E-state index contributed by atoms with van der Waals surface area (Å²) in [6.45, 7) is 1.98. The Hall–Kier alpha value is -3.12. The zero-order chi connectivity index (χ0) is 22.9. The van der Waals surface area contributed by atoms with Gasteiger partial charge in [-0.1, -0.05) is 73.4 Å². The maximum absolute atomic E-state index is 14.1. The highest BCUT2D eigenvalue weighted by atomic mass is 16.6. The number of cyclic esters (lactones) is 2. The number of hydrogen-bond acceptors (Lipinski definition) is 6. The number of Topliss-reactive ketones (excluding diaryl/α,β-unsaturated/α-hetero) is 2. The van der Waals surface area contributed by atoms with Crippen molar-refractivity contribution in [3.05, 3.63) is 70.8 Å². The van der Waals surface area contributed by atoms with Gasteiger partial charge in [0.25, 0.3) is 0 Å². The largest absolute Gasteiger partial charge is 0.393 e. The van der Waals surface area contributed by atoms with Crippen LogP contribution < -0.4 is 0 Å². The molecule has 4 aliphatic rings. The molecular formula is C27H25NO5. The molecule has 2 aromatic carbocycles. The molecule has 0 amide bonds. The lowest BCUT2D eigenvalue weighted by atomic mass is 9.75. The molecule has 1 spiro atoms. The van der Waals surface area contributed by atoms with E-state index in [0.717, 1.165) is 43.2 Å². The van der Waals surface area contributed by atoms with Crippen LogP contribution in [0.2, 0.25) is 0 Å². The van der Waals surface area contributed by atoms with Crippen molar-refractivity contribution in [1.29, 1.82) is 0 Å². The fourth-order valence-electron chi connectivity index (χ4n) is 6.72. The van der Waals surface area contributed by atoms with Crippen molar-refractivity contribution in [2.45, 2.75) is 56.7 Å². The predicted octanol–water partition coefficient (Wildman–Crippen LogP) is 3.82. The molecule has 33 heavy (non-hydrogen) atoms. The minimum absolute atomic E-state index is 0.0709. The smallest absolute Gasteiger partial charge is 0.320 e. The van der Waals surface area contributed by atoms with Gasteiger partial charge in [0.2, 0.25) is 0 Å². The van der Waals surface area contributed by atoms with Crippen LogP contribution in [0.4, 0.5) is 0 Å². The van der Waals surface area contributed by atoms with Gasteiger partial charge in [-0.3, -0.25) is 24.1 Å². The Morgan fingerprint density at radius 1 is 0.818 bits per heavy atom. The van der Waals surface area contributed by atoms with E-state index in [2.05, 4.69) is 0 Å². The van der Waals surface area contributed by atoms with E-state index in [1.165, 1.54) is 0 Å². The van der Waals surface area contributed by atoms with Crippen LogP contribution in [-0.4, -0.2) is 40.0 Å². The van der Waals surface area contributed by atoms with Crippen molar-refractivity contribution in [2.24, 2.45) is 11.8 Å². The van der Waals surface area contributed by atoms with Crippen molar-refractivity contribution in [2.75, 3.05) is 0 Å². The topological polar surface area (TPSA) is 80.8 Å². The Morgan fingerprint density at radius 2 is 1.42 bits per heavy atom. The molecule has 6 nitrogen and oxygen atoms in total. The second kappa shape index (κ2) is 7.19. The zero-order valence-corrected chi connectivity index (χ0v) is 18.5. The highest BCUT2D eigenvalue weighted by Crippen LogP contribution is 2.60. The van der Waals surface area contributed by atoms with Crippen LogP contribution in [0.3, 0.4) is 0 Å². The van der Waals surface area contributed by atoms with Crippen LogP contribution in [0.15, 0.2) is 48.5 Å². The van der Waals surface area contributed by atoms with E-state index in [1.54, 1.807) is 24.3 Å². The lowest BCUT2D eigenvalue weighted by Crippen LogP contribution is -2.61. The van der Waals surface area contributed by atoms with Crippen LogP contribution in [0.1, 0.15) is 70.0 Å². The molecule has 6 heteroatoms. The Morgan fingerprint density at radius 3 is 2.03 bits per heavy atom. The highest BCUT2D eigenvalue weighted by Gasteiger charge is 2.77. The van der Waals surface area contributed by atoms with Crippen LogP contribution in [0, 0.1) is 18.8 Å². The first-order chi connectivity index (χ1) is 16.0. The molecule has 1 saturated carbocycles. The number of benzene rings is 2. The quantitative estimate of drug-likeness (QED) is 0.519. The van der Waals surface area contributed by atoms with Crippen molar-refractivity contribution >= 4 is 23.5 Å². The molecule has 6 rings (SSSR count). The van der Waals surface area contributed by atoms with Gasteiger partial charge >= 0.3 is 11.9 Å². The summed E-state index contributed by atoms with van der Waals surface area (Å²) in [5.74, 6) is -4.15. The first kappa shape index (κ1) is 20.5. The molecule has 3 fully saturated rings. The summed E-state index contributed by atoms with van der Waals surface area (Å²) in [4.78, 5) is 56.5. The number of aryl methyl sites for hydroxylation is 1. The van der Waals surface area contributed by atoms with E-state index in [-0.39, 0.29) is 17.6 Å². The van der Waals surface area contributed by atoms with E-state index < -0.39 is 35.4 Å². The summed E-state index contributed by atoms with van der Waals surface area (Å²) in [5, 5.41) is 0. The van der Waals surface area contributed by atoms with Crippen LogP contribution in [0.25, 0.3) is 0 Å². The Labute approximate surface area is 191 Å². The molecule has 0 radical (unpaired) electrons. The number of carbonyl (C=O) groups excluding carboxylic acids is 4. The Kier molecular flexibility index (Phi) is 4.46. The lowest BCUT2D eigenvalue weighted by Gasteiger charge is -2.44. The number of nitrogens with zero attached hydrogens (tertiary/aromatic N) is 1. The van der Waals surface area contributed by atoms with Gasteiger partial charge in [0.15, 0.2) is 17.1 Å². The SMILES string of the molecule is Cc1ccc(C2C3C(=O)OC(=O)C3C3(C(=O)c4ccccc4C3=O)N2C2CCCCC2)cc1. The number of carbonyl (C=O) groups is 4. The summed E-state index contributed by atoms with van der Waals surface area (Å²) in [6.07, 6.45) is 4.72. The Bertz CT molecular complexity index is 1160. The van der Waals surface area contributed by atoms with Crippen LogP contribution >= 0.6 is 0 Å². The standard InChI is InChI=1S/C27H25NO5/c1-15-11-13-16(14-12-15)22-20-21(26(32)33-25(20)31)27(28(22)17-7-3-2-4-8-17)23(29)18-9-5-6-10-19(18)24(27)30/h5-6,9-14,17,20-22H,2-4,7-8H2,1H3. The van der Waals surface area contributed by atoms with Crippen molar-refractivity contribution in [1.82, 2.24) is 4.90 Å². The molecule has 3 unspecified atom stereocenters. The van der Waals surface area contributed by atoms with E-state index in [0.29, 0.717) is 11.1 Å². The average Bonchev–Trinajstić information content (AvgIpc) is 3.39. The number of fused-ring (bicyclic) bond motifs is 3. The van der Waals surface area contributed by atoms with Gasteiger partial charge in [0, 0.05) is 17.2 Å². The third-order valence-electron chi connectivity index (χ3n) is 8.08. The Balaban J connectivity index is 1.62. The molecule has 2 heterocycles. The summed E-state index contributed by atoms with van der Waals surface area (Å²) in [7, 11) is 0. The summed E-state index contributed by atoms with van der Waals surface area (Å²) in [6, 6.07) is 13.9. The van der Waals surface area contributed by atoms with Gasteiger partial charge in [-0.05, 0) is 25.3 Å². The zero-order valence-electron chi connectivity index (χ0n) is 18.5. The van der Waals surface area contributed by atoms with E-state index >= 15 is 0 Å². The van der Waals surface area contributed by atoms with Gasteiger partial charge in [0.1, 0.15) is 5.92 Å². The normalized spacial score (nSPS) is 28.9. The number of ether oxygens (including phenoxy) is 1. The minimum atomic E-state index is -1.73. The first-order valence-electron chi connectivity index (χ1n) is 11.8. The van der Waals surface area contributed by atoms with Gasteiger partial charge in [-0.25, -0.2) is 0 Å². The van der Waals surface area contributed by atoms with Crippen molar-refractivity contribution < 1.29 is 23.9 Å². The monoisotopic (exact) mass is 443 g/mol. The number of ketones is 2. The van der Waals surface area contributed by atoms with Crippen molar-refractivity contribution in [3.8, 4) is 0 Å². The van der Waals surface area contributed by atoms with Crippen molar-refractivity contribution in [3.63, 3.8) is 0 Å². The number of rotatable bonds is 2. The molecule has 168 valence electrons. The number of likely N-dealkylation sites (tertiary alicyclic amines) is 1. The molecule has 2 saturated heterocycles. The second-order valence-electron chi connectivity index (χ2n) is 9.77. The molecule has 0 N–H and O–H groups in total. The van der Waals surface area contributed by atoms with Crippen LogP contribution in [0.5, 0.6) is 0 Å². The minimum Gasteiger partial charge on any atom is -0.393 e. The maximum Gasteiger partial charge on any atom is 0.320 e. The van der Waals surface area contributed by atoms with Gasteiger partial charge in [-0.15, -0.1) is 0 Å². The first-order valence-corrected chi connectivity index (χ1v) is 11.8. The summed E-state index contributed by atoms with van der Waals surface area (Å²) >= 11 is 0. The maximum atomic E-state index is 14.1. The third kappa shape index (κ3) is 2.58. The number of hydrogen-bond donors (Lipinski definition) is 0. The molecule has 2 aliphatic carbocycles. The fourth-order valence-corrected chi connectivity index (χ4v) is 6.72. The predicted molar refractivity (Wildman–Crippen MR) is 119 cm³/mol. The number of esters is 2. The molecule has 2 aliphatic heterocycles. The van der Waals surface area contributed by atoms with Gasteiger partial charge in [-0.2, -0.15) is 0 Å². The van der Waals surface area contributed by atoms with Crippen LogP contribution in [-0.2, 0) is 14.3 Å². The summed E-state index contributed by atoms with van der Waals surface area (Å²) < 4.78 is 5.11. The molecule has 2 aromatic rings. The average molecular weight is 443 g/mol. The van der Waals surface area contributed by atoms with E-state index in [4.69, 9.17) is 4.74 Å². The summed E-state index contributed by atoms with van der Waals surface area (Å²) in [5.41, 5.74) is 0.839. The molecule has 0 aromatic heterocycles. The fraction of sp³-hybridized carbons (Fsp3) is 0.407. The molecular weight excluding hydrogens is 418 g/mol.